The van der Waals surface area contributed by atoms with Crippen molar-refractivity contribution in [3.8, 4) is 11.1 Å². The Kier molecular flexibility index (Phi) is 8.79. The summed E-state index contributed by atoms with van der Waals surface area (Å²) in [5.41, 5.74) is 8.35. The third-order valence-electron chi connectivity index (χ3n) is 10.5. The molecule has 4 aliphatic rings. The summed E-state index contributed by atoms with van der Waals surface area (Å²) in [4.78, 5) is 31.8. The van der Waals surface area contributed by atoms with E-state index >= 15 is 0 Å². The number of Topliss-reactive ketones (excluding diaryl/α,β-unsaturated/α-hetero) is 2. The van der Waals surface area contributed by atoms with Crippen molar-refractivity contribution in [2.45, 2.75) is 114 Å². The molecule has 3 saturated carbocycles. The van der Waals surface area contributed by atoms with Crippen molar-refractivity contribution in [2.75, 3.05) is 0 Å². The van der Waals surface area contributed by atoms with Gasteiger partial charge in [-0.25, -0.2) is 0 Å². The van der Waals surface area contributed by atoms with Crippen LogP contribution in [0, 0.1) is 17.8 Å². The molecule has 0 bridgehead atoms. The zero-order valence-corrected chi connectivity index (χ0v) is 25.2. The standard InChI is InChI=1S/C36H44ClNO3/c1-22-7-15-30-28(18-27(23-8-9-23)19-32(30)26-5-3-17-38-21-26)20-33(37)35(22)36(41)25-4-2-6-31(34(40)16-12-25)24-10-13-29(39)14-11-24/h3,5,17-19,21,23-25,29,31,33,39H,2,4,6-16,20H2,1H3. The molecule has 218 valence electrons. The van der Waals surface area contributed by atoms with E-state index in [4.69, 9.17) is 11.6 Å². The van der Waals surface area contributed by atoms with Gasteiger partial charge >= 0.3 is 0 Å². The summed E-state index contributed by atoms with van der Waals surface area (Å²) in [6, 6.07) is 8.88. The van der Waals surface area contributed by atoms with Gasteiger partial charge in [-0.3, -0.25) is 14.6 Å². The van der Waals surface area contributed by atoms with E-state index in [0.29, 0.717) is 36.9 Å². The number of carbonyl (C=O) groups is 2. The average molecular weight is 574 g/mol. The molecule has 1 aromatic carbocycles. The van der Waals surface area contributed by atoms with Crippen LogP contribution in [0.4, 0.5) is 0 Å². The van der Waals surface area contributed by atoms with Crippen LogP contribution in [0.3, 0.4) is 0 Å². The topological polar surface area (TPSA) is 67.3 Å². The number of ketones is 2. The molecule has 0 amide bonds. The van der Waals surface area contributed by atoms with Crippen molar-refractivity contribution >= 4 is 23.2 Å². The first kappa shape index (κ1) is 28.8. The molecule has 4 nitrogen and oxygen atoms in total. The number of halogens is 1. The summed E-state index contributed by atoms with van der Waals surface area (Å²) in [6.45, 7) is 2.09. The number of aromatic nitrogens is 1. The normalized spacial score (nSPS) is 29.6. The smallest absolute Gasteiger partial charge is 0.163 e. The molecule has 0 radical (unpaired) electrons. The number of nitrogens with zero attached hydrogens (tertiary/aromatic N) is 1. The van der Waals surface area contributed by atoms with Crippen LogP contribution in [0.1, 0.15) is 107 Å². The Bertz CT molecular complexity index is 1310. The lowest BCUT2D eigenvalue weighted by Crippen LogP contribution is -2.32. The van der Waals surface area contributed by atoms with Crippen LogP contribution in [0.5, 0.6) is 0 Å². The predicted molar refractivity (Wildman–Crippen MR) is 164 cm³/mol. The lowest BCUT2D eigenvalue weighted by molar-refractivity contribution is -0.127. The zero-order valence-electron chi connectivity index (χ0n) is 24.4. The number of aliphatic hydroxyl groups is 1. The molecule has 6 rings (SSSR count). The Morgan fingerprint density at radius 1 is 0.976 bits per heavy atom. The van der Waals surface area contributed by atoms with Crippen LogP contribution >= 0.6 is 11.6 Å². The largest absolute Gasteiger partial charge is 0.393 e. The van der Waals surface area contributed by atoms with Gasteiger partial charge in [0.25, 0.3) is 0 Å². The average Bonchev–Trinajstić information content (AvgIpc) is 3.81. The van der Waals surface area contributed by atoms with E-state index in [1.54, 1.807) is 0 Å². The molecule has 5 heteroatoms. The van der Waals surface area contributed by atoms with E-state index in [1.165, 1.54) is 35.1 Å². The molecular weight excluding hydrogens is 530 g/mol. The number of benzene rings is 1. The molecule has 0 aliphatic heterocycles. The van der Waals surface area contributed by atoms with Crippen molar-refractivity contribution in [3.63, 3.8) is 0 Å². The van der Waals surface area contributed by atoms with Gasteiger partial charge in [-0.1, -0.05) is 30.2 Å². The number of hydrogen-bond donors (Lipinski definition) is 1. The summed E-state index contributed by atoms with van der Waals surface area (Å²) in [5.74, 6) is 1.53. The lowest BCUT2D eigenvalue weighted by atomic mass is 9.71. The summed E-state index contributed by atoms with van der Waals surface area (Å²) in [6.07, 6.45) is 15.7. The highest BCUT2D eigenvalue weighted by atomic mass is 35.5. The van der Waals surface area contributed by atoms with Gasteiger partial charge in [0.2, 0.25) is 0 Å². The molecule has 1 aromatic heterocycles. The fraction of sp³-hybridized carbons (Fsp3) is 0.583. The summed E-state index contributed by atoms with van der Waals surface area (Å²) < 4.78 is 0. The Morgan fingerprint density at radius 3 is 2.51 bits per heavy atom. The molecule has 3 unspecified atom stereocenters. The second-order valence-electron chi connectivity index (χ2n) is 13.3. The van der Waals surface area contributed by atoms with Crippen molar-refractivity contribution in [1.82, 2.24) is 4.98 Å². The maximum absolute atomic E-state index is 14.1. The number of hydrogen-bond acceptors (Lipinski definition) is 4. The molecule has 3 atom stereocenters. The van der Waals surface area contributed by atoms with E-state index in [9.17, 15) is 14.7 Å². The van der Waals surface area contributed by atoms with Gasteiger partial charge in [-0.05, 0) is 124 Å². The second-order valence-corrected chi connectivity index (χ2v) is 13.8. The summed E-state index contributed by atoms with van der Waals surface area (Å²) in [5, 5.41) is 9.55. The molecule has 0 saturated heterocycles. The van der Waals surface area contributed by atoms with Crippen LogP contribution in [-0.2, 0) is 22.4 Å². The number of allylic oxidation sites excluding steroid dienone is 2. The maximum atomic E-state index is 14.1. The molecule has 41 heavy (non-hydrogen) atoms. The maximum Gasteiger partial charge on any atom is 0.163 e. The molecule has 1 heterocycles. The Balaban J connectivity index is 1.20. The predicted octanol–water partition coefficient (Wildman–Crippen LogP) is 7.92. The highest BCUT2D eigenvalue weighted by Crippen LogP contribution is 2.44. The molecule has 0 spiro atoms. The van der Waals surface area contributed by atoms with Gasteiger partial charge in [0.15, 0.2) is 5.78 Å². The number of aliphatic hydroxyl groups excluding tert-OH is 1. The van der Waals surface area contributed by atoms with Gasteiger partial charge in [-0.15, -0.1) is 11.6 Å². The first-order chi connectivity index (χ1) is 19.9. The fourth-order valence-corrected chi connectivity index (χ4v) is 8.38. The van der Waals surface area contributed by atoms with E-state index in [0.717, 1.165) is 74.5 Å². The Morgan fingerprint density at radius 2 is 1.78 bits per heavy atom. The molecule has 1 N–H and O–H groups in total. The van der Waals surface area contributed by atoms with Gasteiger partial charge < -0.3 is 5.11 Å². The van der Waals surface area contributed by atoms with Crippen molar-refractivity contribution < 1.29 is 14.7 Å². The minimum atomic E-state index is -0.361. The van der Waals surface area contributed by atoms with Gasteiger partial charge in [0.05, 0.1) is 11.5 Å². The summed E-state index contributed by atoms with van der Waals surface area (Å²) >= 11 is 7.20. The minimum absolute atomic E-state index is 0.104. The third-order valence-corrected chi connectivity index (χ3v) is 10.8. The number of carbonyl (C=O) groups excluding carboxylic acids is 2. The number of pyridine rings is 1. The van der Waals surface area contributed by atoms with Crippen molar-refractivity contribution in [1.29, 1.82) is 0 Å². The molecular formula is C36H44ClNO3. The van der Waals surface area contributed by atoms with Crippen molar-refractivity contribution in [2.24, 2.45) is 17.8 Å². The van der Waals surface area contributed by atoms with Crippen LogP contribution < -0.4 is 0 Å². The number of fused-ring (bicyclic) bond motifs is 1. The van der Waals surface area contributed by atoms with Crippen LogP contribution in [0.15, 0.2) is 47.8 Å². The fourth-order valence-electron chi connectivity index (χ4n) is 7.92. The van der Waals surface area contributed by atoms with Gasteiger partial charge in [0.1, 0.15) is 5.78 Å². The third kappa shape index (κ3) is 6.39. The second kappa shape index (κ2) is 12.5. The van der Waals surface area contributed by atoms with Gasteiger partial charge in [0, 0.05) is 41.8 Å². The highest BCUT2D eigenvalue weighted by Gasteiger charge is 2.36. The molecule has 2 aromatic rings. The van der Waals surface area contributed by atoms with Crippen molar-refractivity contribution in [3.05, 3.63) is 64.5 Å². The van der Waals surface area contributed by atoms with E-state index < -0.39 is 0 Å². The van der Waals surface area contributed by atoms with E-state index in [1.807, 2.05) is 18.5 Å². The Labute approximate surface area is 250 Å². The minimum Gasteiger partial charge on any atom is -0.393 e. The van der Waals surface area contributed by atoms with Crippen LogP contribution in [-0.4, -0.2) is 33.1 Å². The van der Waals surface area contributed by atoms with E-state index in [-0.39, 0.29) is 29.1 Å². The number of alkyl halides is 1. The monoisotopic (exact) mass is 573 g/mol. The lowest BCUT2D eigenvalue weighted by Gasteiger charge is -2.33. The highest BCUT2D eigenvalue weighted by molar-refractivity contribution is 6.26. The van der Waals surface area contributed by atoms with Gasteiger partial charge in [-0.2, -0.15) is 0 Å². The molecule has 3 fully saturated rings. The quantitative estimate of drug-likeness (QED) is 0.369. The zero-order chi connectivity index (χ0) is 28.5. The number of rotatable bonds is 5. The molecule has 4 aliphatic carbocycles. The van der Waals surface area contributed by atoms with E-state index in [2.05, 4.69) is 30.1 Å². The Hall–Kier alpha value is -2.30. The first-order valence-corrected chi connectivity index (χ1v) is 16.5. The van der Waals surface area contributed by atoms with Crippen LogP contribution in [0.2, 0.25) is 0 Å². The summed E-state index contributed by atoms with van der Waals surface area (Å²) in [7, 11) is 0. The SMILES string of the molecule is CC1=C(C(=O)C2CCCC(C3CCC(O)CC3)C(=O)CC2)C(Cl)Cc2cc(C3CC3)cc(-c3cccnc3)c2CC1. The van der Waals surface area contributed by atoms with Crippen LogP contribution in [0.25, 0.3) is 11.1 Å². The first-order valence-electron chi connectivity index (χ1n) is 16.0.